The molecule has 2 rings (SSSR count). The zero-order chi connectivity index (χ0) is 17.7. The summed E-state index contributed by atoms with van der Waals surface area (Å²) in [6.07, 6.45) is 2.32. The molecular formula is C19H27N3O2. The van der Waals surface area contributed by atoms with Crippen LogP contribution in [-0.2, 0) is 5.41 Å². The number of carbonyl (C=O) groups is 1. The van der Waals surface area contributed by atoms with Gasteiger partial charge in [0.05, 0.1) is 0 Å². The van der Waals surface area contributed by atoms with E-state index in [1.807, 2.05) is 45.0 Å². The van der Waals surface area contributed by atoms with Gasteiger partial charge in [-0.1, -0.05) is 39.3 Å². The van der Waals surface area contributed by atoms with Crippen LogP contribution >= 0.6 is 0 Å². The number of nitrogens with one attached hydrogen (secondary N) is 1. The summed E-state index contributed by atoms with van der Waals surface area (Å²) in [4.78, 5) is 14.5. The van der Waals surface area contributed by atoms with Gasteiger partial charge in [0.25, 0.3) is 5.91 Å². The van der Waals surface area contributed by atoms with E-state index < -0.39 is 0 Å². The van der Waals surface area contributed by atoms with Gasteiger partial charge in [-0.25, -0.2) is 0 Å². The third-order valence-electron chi connectivity index (χ3n) is 3.91. The lowest BCUT2D eigenvalue weighted by Gasteiger charge is -2.19. The highest BCUT2D eigenvalue weighted by Crippen LogP contribution is 2.24. The number of anilines is 2. The maximum Gasteiger partial charge on any atom is 0.256 e. The highest BCUT2D eigenvalue weighted by molar-refractivity contribution is 6.03. The van der Waals surface area contributed by atoms with E-state index in [4.69, 9.17) is 4.52 Å². The second kappa shape index (κ2) is 7.51. The summed E-state index contributed by atoms with van der Waals surface area (Å²) < 4.78 is 5.28. The molecule has 0 bridgehead atoms. The van der Waals surface area contributed by atoms with Gasteiger partial charge >= 0.3 is 0 Å². The molecule has 1 aromatic carbocycles. The van der Waals surface area contributed by atoms with E-state index in [9.17, 15) is 4.79 Å². The van der Waals surface area contributed by atoms with Gasteiger partial charge in [0, 0.05) is 36.3 Å². The Bertz CT molecular complexity index is 669. The van der Waals surface area contributed by atoms with E-state index in [0.717, 1.165) is 24.4 Å². The van der Waals surface area contributed by atoms with Crippen LogP contribution in [0.2, 0.25) is 0 Å². The third-order valence-corrected chi connectivity index (χ3v) is 3.91. The van der Waals surface area contributed by atoms with Gasteiger partial charge in [-0.2, -0.15) is 0 Å². The molecule has 5 heteroatoms. The molecule has 0 saturated carbocycles. The Hall–Kier alpha value is -2.30. The van der Waals surface area contributed by atoms with Gasteiger partial charge in [-0.15, -0.1) is 0 Å². The standard InChI is InChI=1S/C19H27N3O2/c1-6-7-12-22(5)15-10-8-14(9-11-15)18(23)20-17-13-16(24-21-17)19(2,3)4/h8-11,13H,6-7,12H2,1-5H3,(H,20,21,23). The average molecular weight is 329 g/mol. The molecule has 0 radical (unpaired) electrons. The van der Waals surface area contributed by atoms with Crippen LogP contribution in [-0.4, -0.2) is 24.7 Å². The Morgan fingerprint density at radius 3 is 2.46 bits per heavy atom. The molecule has 1 aromatic heterocycles. The molecule has 0 unspecified atom stereocenters. The van der Waals surface area contributed by atoms with Crippen molar-refractivity contribution in [2.75, 3.05) is 23.8 Å². The van der Waals surface area contributed by atoms with E-state index in [1.54, 1.807) is 6.07 Å². The molecule has 1 heterocycles. The lowest BCUT2D eigenvalue weighted by atomic mass is 9.93. The van der Waals surface area contributed by atoms with Crippen LogP contribution in [0, 0.1) is 0 Å². The van der Waals surface area contributed by atoms with E-state index in [0.29, 0.717) is 11.4 Å². The molecule has 5 nitrogen and oxygen atoms in total. The number of hydrogen-bond donors (Lipinski definition) is 1. The predicted octanol–water partition coefficient (Wildman–Crippen LogP) is 4.46. The largest absolute Gasteiger partial charge is 0.375 e. The van der Waals surface area contributed by atoms with Crippen molar-refractivity contribution in [3.63, 3.8) is 0 Å². The Labute approximate surface area is 144 Å². The van der Waals surface area contributed by atoms with Gasteiger partial charge in [0.2, 0.25) is 0 Å². The van der Waals surface area contributed by atoms with Crippen molar-refractivity contribution >= 4 is 17.4 Å². The van der Waals surface area contributed by atoms with Crippen LogP contribution < -0.4 is 10.2 Å². The van der Waals surface area contributed by atoms with Crippen LogP contribution in [0.3, 0.4) is 0 Å². The minimum absolute atomic E-state index is 0.138. The van der Waals surface area contributed by atoms with Gasteiger partial charge in [0.15, 0.2) is 5.82 Å². The zero-order valence-electron chi connectivity index (χ0n) is 15.2. The van der Waals surface area contributed by atoms with Gasteiger partial charge in [-0.05, 0) is 30.7 Å². The monoisotopic (exact) mass is 329 g/mol. The summed E-state index contributed by atoms with van der Waals surface area (Å²) in [6.45, 7) is 9.29. The minimum Gasteiger partial charge on any atom is -0.375 e. The maximum absolute atomic E-state index is 12.3. The van der Waals surface area contributed by atoms with Gasteiger partial charge < -0.3 is 14.7 Å². The molecule has 0 fully saturated rings. The Morgan fingerprint density at radius 2 is 1.92 bits per heavy atom. The fourth-order valence-corrected chi connectivity index (χ4v) is 2.27. The molecular weight excluding hydrogens is 302 g/mol. The molecule has 0 aliphatic heterocycles. The van der Waals surface area contributed by atoms with Crippen molar-refractivity contribution in [3.05, 3.63) is 41.7 Å². The first-order chi connectivity index (χ1) is 11.3. The summed E-state index contributed by atoms with van der Waals surface area (Å²) >= 11 is 0. The summed E-state index contributed by atoms with van der Waals surface area (Å²) in [7, 11) is 2.06. The predicted molar refractivity (Wildman–Crippen MR) is 97.8 cm³/mol. The maximum atomic E-state index is 12.3. The highest BCUT2D eigenvalue weighted by atomic mass is 16.5. The van der Waals surface area contributed by atoms with Crippen molar-refractivity contribution < 1.29 is 9.32 Å². The number of hydrogen-bond acceptors (Lipinski definition) is 4. The molecule has 0 atom stereocenters. The van der Waals surface area contributed by atoms with Crippen LogP contribution in [0.1, 0.15) is 56.7 Å². The van der Waals surface area contributed by atoms with Crippen molar-refractivity contribution in [1.29, 1.82) is 0 Å². The van der Waals surface area contributed by atoms with E-state index in [-0.39, 0.29) is 11.3 Å². The Morgan fingerprint density at radius 1 is 1.25 bits per heavy atom. The average Bonchev–Trinajstić information content (AvgIpc) is 3.01. The Balaban J connectivity index is 2.01. The van der Waals surface area contributed by atoms with Crippen molar-refractivity contribution in [1.82, 2.24) is 5.16 Å². The van der Waals surface area contributed by atoms with Crippen LogP contribution in [0.25, 0.3) is 0 Å². The molecule has 0 aliphatic carbocycles. The highest BCUT2D eigenvalue weighted by Gasteiger charge is 2.20. The minimum atomic E-state index is -0.188. The quantitative estimate of drug-likeness (QED) is 0.850. The lowest BCUT2D eigenvalue weighted by Crippen LogP contribution is -2.18. The number of carbonyl (C=O) groups excluding carboxylic acids is 1. The van der Waals surface area contributed by atoms with E-state index in [2.05, 4.69) is 29.3 Å². The third kappa shape index (κ3) is 4.60. The van der Waals surface area contributed by atoms with Crippen LogP contribution in [0.15, 0.2) is 34.9 Å². The van der Waals surface area contributed by atoms with Gasteiger partial charge in [0.1, 0.15) is 5.76 Å². The number of rotatable bonds is 6. The summed E-state index contributed by atoms with van der Waals surface area (Å²) in [6, 6.07) is 9.36. The number of benzene rings is 1. The molecule has 130 valence electrons. The van der Waals surface area contributed by atoms with Crippen LogP contribution in [0.4, 0.5) is 11.5 Å². The normalized spacial score (nSPS) is 11.4. The first kappa shape index (κ1) is 18.0. The number of unbranched alkanes of at least 4 members (excludes halogenated alkanes) is 1. The number of amides is 1. The van der Waals surface area contributed by atoms with Crippen molar-refractivity contribution in [3.8, 4) is 0 Å². The SMILES string of the molecule is CCCCN(C)c1ccc(C(=O)Nc2cc(C(C)(C)C)on2)cc1. The topological polar surface area (TPSA) is 58.4 Å². The summed E-state index contributed by atoms with van der Waals surface area (Å²) in [5.41, 5.74) is 1.57. The van der Waals surface area contributed by atoms with Gasteiger partial charge in [-0.3, -0.25) is 4.79 Å². The summed E-state index contributed by atoms with van der Waals surface area (Å²) in [5, 5.41) is 6.69. The molecule has 1 amide bonds. The first-order valence-electron chi connectivity index (χ1n) is 8.41. The van der Waals surface area contributed by atoms with Crippen LogP contribution in [0.5, 0.6) is 0 Å². The molecule has 0 spiro atoms. The second-order valence-electron chi connectivity index (χ2n) is 7.10. The number of aromatic nitrogens is 1. The van der Waals surface area contributed by atoms with Crippen molar-refractivity contribution in [2.45, 2.75) is 46.0 Å². The van der Waals surface area contributed by atoms with E-state index in [1.165, 1.54) is 6.42 Å². The molecule has 0 aliphatic rings. The first-order valence-corrected chi connectivity index (χ1v) is 8.41. The fourth-order valence-electron chi connectivity index (χ4n) is 2.27. The lowest BCUT2D eigenvalue weighted by molar-refractivity contribution is 0.102. The fraction of sp³-hybridized carbons (Fsp3) is 0.474. The molecule has 2 aromatic rings. The zero-order valence-corrected chi connectivity index (χ0v) is 15.2. The second-order valence-corrected chi connectivity index (χ2v) is 7.10. The Kier molecular flexibility index (Phi) is 5.65. The molecule has 0 saturated heterocycles. The molecule has 24 heavy (non-hydrogen) atoms. The summed E-state index contributed by atoms with van der Waals surface area (Å²) in [5.74, 6) is 0.992. The number of nitrogens with zero attached hydrogens (tertiary/aromatic N) is 2. The van der Waals surface area contributed by atoms with Crippen molar-refractivity contribution in [2.24, 2.45) is 0 Å². The molecule has 1 N–H and O–H groups in total. The van der Waals surface area contributed by atoms with E-state index >= 15 is 0 Å². The smallest absolute Gasteiger partial charge is 0.256 e.